The van der Waals surface area contributed by atoms with Gasteiger partial charge in [-0.2, -0.15) is 0 Å². The molecule has 6 heteroatoms. The van der Waals surface area contributed by atoms with Crippen molar-refractivity contribution >= 4 is 28.5 Å². The van der Waals surface area contributed by atoms with Gasteiger partial charge < -0.3 is 14.1 Å². The van der Waals surface area contributed by atoms with Gasteiger partial charge in [0, 0.05) is 17.0 Å². The van der Waals surface area contributed by atoms with E-state index in [2.05, 4.69) is 0 Å². The summed E-state index contributed by atoms with van der Waals surface area (Å²) >= 11 is 5.97. The van der Waals surface area contributed by atoms with Crippen LogP contribution in [0.1, 0.15) is 22.2 Å². The van der Waals surface area contributed by atoms with Crippen molar-refractivity contribution in [3.05, 3.63) is 70.7 Å². The lowest BCUT2D eigenvalue weighted by Crippen LogP contribution is -2.42. The zero-order valence-electron chi connectivity index (χ0n) is 13.2. The molecule has 2 aromatic carbocycles. The number of nitrogens with zero attached hydrogens (tertiary/aromatic N) is 1. The Morgan fingerprint density at radius 1 is 1.16 bits per heavy atom. The van der Waals surface area contributed by atoms with Crippen molar-refractivity contribution < 1.29 is 18.3 Å². The summed E-state index contributed by atoms with van der Waals surface area (Å²) in [6.45, 7) is 1.29. The summed E-state index contributed by atoms with van der Waals surface area (Å²) in [7, 11) is 0. The van der Waals surface area contributed by atoms with Crippen molar-refractivity contribution in [1.29, 1.82) is 0 Å². The monoisotopic (exact) mass is 359 g/mol. The number of amides is 1. The molecule has 1 aliphatic heterocycles. The third kappa shape index (κ3) is 3.25. The molecule has 0 aliphatic carbocycles. The highest BCUT2D eigenvalue weighted by molar-refractivity contribution is 6.31. The molecule has 2 heterocycles. The minimum Gasteiger partial charge on any atom is -0.451 e. The van der Waals surface area contributed by atoms with Gasteiger partial charge in [0.1, 0.15) is 17.5 Å². The quantitative estimate of drug-likeness (QED) is 0.679. The Kier molecular flexibility index (Phi) is 4.19. The summed E-state index contributed by atoms with van der Waals surface area (Å²) in [5, 5.41) is 1.38. The molecule has 0 spiro atoms. The van der Waals surface area contributed by atoms with Crippen LogP contribution in [0.3, 0.4) is 0 Å². The molecule has 0 radical (unpaired) electrons. The van der Waals surface area contributed by atoms with E-state index in [9.17, 15) is 9.18 Å². The molecule has 0 N–H and O–H groups in total. The minimum atomic E-state index is -0.298. The highest BCUT2D eigenvalue weighted by atomic mass is 35.5. The first-order valence-corrected chi connectivity index (χ1v) is 8.33. The van der Waals surface area contributed by atoms with Gasteiger partial charge in [0.15, 0.2) is 5.76 Å². The molecule has 4 rings (SSSR count). The third-order valence-corrected chi connectivity index (χ3v) is 4.52. The van der Waals surface area contributed by atoms with Gasteiger partial charge >= 0.3 is 0 Å². The van der Waals surface area contributed by atoms with E-state index in [1.54, 1.807) is 41.3 Å². The summed E-state index contributed by atoms with van der Waals surface area (Å²) in [4.78, 5) is 14.5. The van der Waals surface area contributed by atoms with E-state index < -0.39 is 0 Å². The molecular weight excluding hydrogens is 345 g/mol. The van der Waals surface area contributed by atoms with E-state index in [4.69, 9.17) is 20.8 Å². The molecule has 0 bridgehead atoms. The zero-order valence-corrected chi connectivity index (χ0v) is 14.0. The number of hydrogen-bond donors (Lipinski definition) is 0. The first-order chi connectivity index (χ1) is 12.1. The lowest BCUT2D eigenvalue weighted by atomic mass is 10.1. The van der Waals surface area contributed by atoms with E-state index in [1.807, 2.05) is 0 Å². The summed E-state index contributed by atoms with van der Waals surface area (Å²) in [6, 6.07) is 13.1. The maximum absolute atomic E-state index is 13.1. The number of fused-ring (bicyclic) bond motifs is 1. The second-order valence-corrected chi connectivity index (χ2v) is 6.39. The number of carbonyl (C=O) groups excluding carboxylic acids is 1. The average Bonchev–Trinajstić information content (AvgIpc) is 3.05. The maximum Gasteiger partial charge on any atom is 0.289 e. The van der Waals surface area contributed by atoms with Gasteiger partial charge in [-0.3, -0.25) is 4.79 Å². The summed E-state index contributed by atoms with van der Waals surface area (Å²) in [5.41, 5.74) is 1.46. The molecule has 1 amide bonds. The van der Waals surface area contributed by atoms with E-state index >= 15 is 0 Å². The fraction of sp³-hybridized carbons (Fsp3) is 0.211. The van der Waals surface area contributed by atoms with Crippen LogP contribution in [0.15, 0.2) is 52.9 Å². The SMILES string of the molecule is O=C(c1cc2cc(Cl)ccc2o1)N1CCOC(c2ccc(F)cc2)C1. The van der Waals surface area contributed by atoms with Crippen LogP contribution in [-0.4, -0.2) is 30.5 Å². The lowest BCUT2D eigenvalue weighted by Gasteiger charge is -2.32. The van der Waals surface area contributed by atoms with E-state index in [0.29, 0.717) is 30.3 Å². The standard InChI is InChI=1S/C19H15ClFNO3/c20-14-3-6-16-13(9-14)10-17(25-16)19(23)22-7-8-24-18(11-22)12-1-4-15(21)5-2-12/h1-6,9-10,18H,7-8,11H2. The van der Waals surface area contributed by atoms with Gasteiger partial charge in [0.2, 0.25) is 0 Å². The van der Waals surface area contributed by atoms with Crippen molar-refractivity contribution in [3.63, 3.8) is 0 Å². The third-order valence-electron chi connectivity index (χ3n) is 4.28. The molecule has 25 heavy (non-hydrogen) atoms. The smallest absolute Gasteiger partial charge is 0.289 e. The largest absolute Gasteiger partial charge is 0.451 e. The molecule has 1 atom stereocenters. The summed E-state index contributed by atoms with van der Waals surface area (Å²) in [5.74, 6) is -0.215. The number of benzene rings is 2. The Bertz CT molecular complexity index is 922. The molecular formula is C19H15ClFNO3. The fourth-order valence-corrected chi connectivity index (χ4v) is 3.17. The predicted octanol–water partition coefficient (Wildman–Crippen LogP) is 4.44. The number of hydrogen-bond acceptors (Lipinski definition) is 3. The van der Waals surface area contributed by atoms with Gasteiger partial charge in [0.25, 0.3) is 5.91 Å². The minimum absolute atomic E-state index is 0.192. The Labute approximate surface area is 148 Å². The molecule has 1 aliphatic rings. The molecule has 1 fully saturated rings. The van der Waals surface area contributed by atoms with Gasteiger partial charge in [-0.25, -0.2) is 4.39 Å². The van der Waals surface area contributed by atoms with E-state index in [-0.39, 0.29) is 23.6 Å². The van der Waals surface area contributed by atoms with Crippen LogP contribution in [0, 0.1) is 5.82 Å². The number of ether oxygens (including phenoxy) is 1. The second-order valence-electron chi connectivity index (χ2n) is 5.95. The molecule has 3 aromatic rings. The van der Waals surface area contributed by atoms with Gasteiger partial charge in [-0.1, -0.05) is 23.7 Å². The van der Waals surface area contributed by atoms with Crippen molar-refractivity contribution in [2.45, 2.75) is 6.10 Å². The lowest BCUT2D eigenvalue weighted by molar-refractivity contribution is -0.0237. The van der Waals surface area contributed by atoms with Crippen LogP contribution in [0.4, 0.5) is 4.39 Å². The molecule has 128 valence electrons. The molecule has 1 unspecified atom stereocenters. The molecule has 4 nitrogen and oxygen atoms in total. The van der Waals surface area contributed by atoms with Crippen molar-refractivity contribution in [3.8, 4) is 0 Å². The van der Waals surface area contributed by atoms with Gasteiger partial charge in [-0.15, -0.1) is 0 Å². The first kappa shape index (κ1) is 16.1. The van der Waals surface area contributed by atoms with E-state index in [0.717, 1.165) is 10.9 Å². The van der Waals surface area contributed by atoms with Crippen LogP contribution in [0.2, 0.25) is 5.02 Å². The van der Waals surface area contributed by atoms with Crippen LogP contribution in [0.5, 0.6) is 0 Å². The second kappa shape index (κ2) is 6.50. The van der Waals surface area contributed by atoms with Crippen molar-refractivity contribution in [1.82, 2.24) is 4.90 Å². The van der Waals surface area contributed by atoms with Crippen molar-refractivity contribution in [2.75, 3.05) is 19.7 Å². The number of rotatable bonds is 2. The number of halogens is 2. The van der Waals surface area contributed by atoms with Crippen molar-refractivity contribution in [2.24, 2.45) is 0 Å². The Balaban J connectivity index is 1.55. The van der Waals surface area contributed by atoms with Gasteiger partial charge in [0.05, 0.1) is 13.2 Å². The Morgan fingerprint density at radius 3 is 2.76 bits per heavy atom. The number of furan rings is 1. The molecule has 0 saturated carbocycles. The Morgan fingerprint density at radius 2 is 1.96 bits per heavy atom. The average molecular weight is 360 g/mol. The normalized spacial score (nSPS) is 17.8. The maximum atomic E-state index is 13.1. The highest BCUT2D eigenvalue weighted by Crippen LogP contribution is 2.27. The first-order valence-electron chi connectivity index (χ1n) is 7.95. The highest BCUT2D eigenvalue weighted by Gasteiger charge is 2.28. The number of carbonyl (C=O) groups is 1. The zero-order chi connectivity index (χ0) is 17.4. The topological polar surface area (TPSA) is 42.7 Å². The molecule has 1 saturated heterocycles. The summed E-state index contributed by atoms with van der Waals surface area (Å²) in [6.07, 6.45) is -0.280. The summed E-state index contributed by atoms with van der Waals surface area (Å²) < 4.78 is 24.5. The predicted molar refractivity (Wildman–Crippen MR) is 92.2 cm³/mol. The van der Waals surface area contributed by atoms with Crippen LogP contribution in [0.25, 0.3) is 11.0 Å². The number of morpholine rings is 1. The van der Waals surface area contributed by atoms with E-state index in [1.165, 1.54) is 12.1 Å². The Hall–Kier alpha value is -2.37. The van der Waals surface area contributed by atoms with Crippen LogP contribution < -0.4 is 0 Å². The van der Waals surface area contributed by atoms with Crippen LogP contribution in [-0.2, 0) is 4.74 Å². The van der Waals surface area contributed by atoms with Gasteiger partial charge in [-0.05, 0) is 42.0 Å². The molecule has 1 aromatic heterocycles. The fourth-order valence-electron chi connectivity index (χ4n) is 2.99. The van der Waals surface area contributed by atoms with Crippen LogP contribution >= 0.6 is 11.6 Å².